The Morgan fingerprint density at radius 3 is 2.58 bits per heavy atom. The average Bonchev–Trinajstić information content (AvgIpc) is 2.69. The zero-order chi connectivity index (χ0) is 24.4. The molecule has 2 atom stereocenters. The number of aromatic nitrogens is 1. The maximum absolute atomic E-state index is 12.1. The van der Waals surface area contributed by atoms with Gasteiger partial charge in [0.15, 0.2) is 0 Å². The van der Waals surface area contributed by atoms with Crippen LogP contribution in [0, 0.1) is 5.41 Å². The van der Waals surface area contributed by atoms with Gasteiger partial charge in [0.05, 0.1) is 28.3 Å². The summed E-state index contributed by atoms with van der Waals surface area (Å²) in [6, 6.07) is 9.34. The minimum atomic E-state index is -0.960. The molecular formula is C26H34N2O5. The van der Waals surface area contributed by atoms with E-state index in [0.29, 0.717) is 25.1 Å². The maximum atomic E-state index is 12.1. The minimum Gasteiger partial charge on any atom is -0.481 e. The Morgan fingerprint density at radius 1 is 1.24 bits per heavy atom. The normalized spacial score (nSPS) is 21.6. The van der Waals surface area contributed by atoms with Crippen LogP contribution in [0.15, 0.2) is 36.4 Å². The van der Waals surface area contributed by atoms with E-state index in [-0.39, 0.29) is 6.04 Å². The van der Waals surface area contributed by atoms with Gasteiger partial charge in [0.1, 0.15) is 5.60 Å². The summed E-state index contributed by atoms with van der Waals surface area (Å²) >= 11 is 0. The zero-order valence-corrected chi connectivity index (χ0v) is 20.3. The molecule has 7 heteroatoms. The summed E-state index contributed by atoms with van der Waals surface area (Å²) in [5, 5.41) is 13.7. The first-order valence-electron chi connectivity index (χ1n) is 11.3. The third kappa shape index (κ3) is 6.32. The maximum Gasteiger partial charge on any atom is 0.408 e. The second kappa shape index (κ2) is 9.14. The standard InChI is InChI=1S/C26H34N2O5/c1-17(27-23(31)33-24(2,3)4)20-10-9-19-8-7-18(15-21(19)28-20)11-12-26(22(29)30)13-14-32-25(5,6)16-26/h7-12,15,17H,13-14,16H2,1-6H3,(H,27,31)(H,29,30)/t17-,26?/m1/s1. The molecule has 178 valence electrons. The Balaban J connectivity index is 1.83. The van der Waals surface area contributed by atoms with Gasteiger partial charge in [0.2, 0.25) is 0 Å². The molecule has 1 aromatic heterocycles. The highest BCUT2D eigenvalue weighted by Crippen LogP contribution is 2.41. The van der Waals surface area contributed by atoms with Crippen molar-refractivity contribution in [3.63, 3.8) is 0 Å². The second-order valence-corrected chi connectivity index (χ2v) is 10.4. The molecule has 0 aliphatic carbocycles. The Labute approximate surface area is 195 Å². The van der Waals surface area contributed by atoms with Gasteiger partial charge in [-0.3, -0.25) is 9.78 Å². The van der Waals surface area contributed by atoms with Crippen molar-refractivity contribution in [2.45, 2.75) is 71.6 Å². The molecule has 1 amide bonds. The van der Waals surface area contributed by atoms with E-state index in [1.807, 2.05) is 78.0 Å². The quantitative estimate of drug-likeness (QED) is 0.620. The highest BCUT2D eigenvalue weighted by Gasteiger charge is 2.44. The van der Waals surface area contributed by atoms with E-state index in [4.69, 9.17) is 14.5 Å². The molecule has 2 N–H and O–H groups in total. The molecule has 33 heavy (non-hydrogen) atoms. The summed E-state index contributed by atoms with van der Waals surface area (Å²) in [5.41, 5.74) is 0.321. The van der Waals surface area contributed by atoms with E-state index in [1.165, 1.54) is 0 Å². The van der Waals surface area contributed by atoms with Crippen molar-refractivity contribution in [1.29, 1.82) is 0 Å². The molecule has 1 unspecified atom stereocenters. The first-order valence-corrected chi connectivity index (χ1v) is 11.3. The summed E-state index contributed by atoms with van der Waals surface area (Å²) in [6.07, 6.45) is 4.00. The molecule has 0 bridgehead atoms. The van der Waals surface area contributed by atoms with E-state index >= 15 is 0 Å². The number of carboxylic acids is 1. The van der Waals surface area contributed by atoms with Crippen molar-refractivity contribution >= 4 is 29.0 Å². The van der Waals surface area contributed by atoms with Crippen LogP contribution in [0.4, 0.5) is 4.79 Å². The number of hydrogen-bond acceptors (Lipinski definition) is 5. The monoisotopic (exact) mass is 454 g/mol. The van der Waals surface area contributed by atoms with E-state index in [1.54, 1.807) is 6.08 Å². The molecule has 3 rings (SSSR count). The third-order valence-electron chi connectivity index (χ3n) is 5.72. The molecule has 0 radical (unpaired) electrons. The third-order valence-corrected chi connectivity index (χ3v) is 5.72. The number of aliphatic carboxylic acids is 1. The van der Waals surface area contributed by atoms with Gasteiger partial charge in [-0.25, -0.2) is 4.79 Å². The van der Waals surface area contributed by atoms with E-state index in [2.05, 4.69) is 5.32 Å². The van der Waals surface area contributed by atoms with E-state index in [0.717, 1.165) is 16.5 Å². The lowest BCUT2D eigenvalue weighted by Crippen LogP contribution is -2.44. The number of carbonyl (C=O) groups is 2. The van der Waals surface area contributed by atoms with Crippen molar-refractivity contribution in [3.8, 4) is 0 Å². The molecule has 1 fully saturated rings. The lowest BCUT2D eigenvalue weighted by atomic mass is 9.73. The summed E-state index contributed by atoms with van der Waals surface area (Å²) in [6.45, 7) is 11.6. The zero-order valence-electron chi connectivity index (χ0n) is 20.3. The Kier molecular flexibility index (Phi) is 6.84. The van der Waals surface area contributed by atoms with Crippen molar-refractivity contribution in [3.05, 3.63) is 47.7 Å². The van der Waals surface area contributed by atoms with Crippen LogP contribution in [-0.2, 0) is 14.3 Å². The lowest BCUT2D eigenvalue weighted by Gasteiger charge is -2.40. The predicted octanol–water partition coefficient (Wildman–Crippen LogP) is 5.49. The number of amides is 1. The Morgan fingerprint density at radius 2 is 1.94 bits per heavy atom. The largest absolute Gasteiger partial charge is 0.481 e. The Hall–Kier alpha value is -2.93. The first-order chi connectivity index (χ1) is 15.3. The lowest BCUT2D eigenvalue weighted by molar-refractivity contribution is -0.160. The molecule has 1 aromatic carbocycles. The molecule has 2 heterocycles. The van der Waals surface area contributed by atoms with Crippen LogP contribution in [0.2, 0.25) is 0 Å². The number of nitrogens with one attached hydrogen (secondary N) is 1. The fraction of sp³-hybridized carbons (Fsp3) is 0.500. The van der Waals surface area contributed by atoms with Crippen molar-refractivity contribution < 1.29 is 24.2 Å². The molecule has 7 nitrogen and oxygen atoms in total. The number of alkyl carbamates (subject to hydrolysis) is 1. The second-order valence-electron chi connectivity index (χ2n) is 10.4. The van der Waals surface area contributed by atoms with Crippen LogP contribution in [-0.4, -0.2) is 40.0 Å². The van der Waals surface area contributed by atoms with Gasteiger partial charge in [0, 0.05) is 12.0 Å². The number of ether oxygens (including phenoxy) is 2. The molecule has 1 aliphatic heterocycles. The Bertz CT molecular complexity index is 1070. The topological polar surface area (TPSA) is 97.8 Å². The van der Waals surface area contributed by atoms with Gasteiger partial charge >= 0.3 is 12.1 Å². The van der Waals surface area contributed by atoms with Crippen LogP contribution >= 0.6 is 0 Å². The number of benzene rings is 1. The number of carbonyl (C=O) groups excluding carboxylic acids is 1. The molecule has 0 saturated carbocycles. The summed E-state index contributed by atoms with van der Waals surface area (Å²) in [5.74, 6) is -0.835. The van der Waals surface area contributed by atoms with Gasteiger partial charge in [-0.1, -0.05) is 30.4 Å². The van der Waals surface area contributed by atoms with Crippen molar-refractivity contribution in [1.82, 2.24) is 10.3 Å². The van der Waals surface area contributed by atoms with E-state index < -0.39 is 28.7 Å². The molecule has 1 saturated heterocycles. The van der Waals surface area contributed by atoms with Crippen LogP contribution < -0.4 is 5.32 Å². The summed E-state index contributed by atoms with van der Waals surface area (Å²) in [7, 11) is 0. The number of pyridine rings is 1. The number of fused-ring (bicyclic) bond motifs is 1. The number of nitrogens with zero attached hydrogens (tertiary/aromatic N) is 1. The highest BCUT2D eigenvalue weighted by molar-refractivity contribution is 5.83. The highest BCUT2D eigenvalue weighted by atomic mass is 16.6. The van der Waals surface area contributed by atoms with E-state index in [9.17, 15) is 14.7 Å². The molecular weight excluding hydrogens is 420 g/mol. The average molecular weight is 455 g/mol. The van der Waals surface area contributed by atoms with Crippen molar-refractivity contribution in [2.24, 2.45) is 5.41 Å². The summed E-state index contributed by atoms with van der Waals surface area (Å²) < 4.78 is 11.0. The summed E-state index contributed by atoms with van der Waals surface area (Å²) in [4.78, 5) is 28.9. The van der Waals surface area contributed by atoms with Crippen LogP contribution in [0.1, 0.15) is 71.7 Å². The van der Waals surface area contributed by atoms with Gasteiger partial charge in [0.25, 0.3) is 0 Å². The van der Waals surface area contributed by atoms with Gasteiger partial charge in [-0.15, -0.1) is 0 Å². The van der Waals surface area contributed by atoms with Crippen LogP contribution in [0.5, 0.6) is 0 Å². The van der Waals surface area contributed by atoms with Gasteiger partial charge in [-0.2, -0.15) is 0 Å². The number of rotatable bonds is 5. The van der Waals surface area contributed by atoms with Gasteiger partial charge < -0.3 is 19.9 Å². The minimum absolute atomic E-state index is 0.330. The molecule has 2 aromatic rings. The SMILES string of the molecule is C[C@@H](NC(=O)OC(C)(C)C)c1ccc2ccc(C=CC3(C(=O)O)CCOC(C)(C)C3)cc2n1. The fourth-order valence-corrected chi connectivity index (χ4v) is 4.11. The molecule has 0 spiro atoms. The van der Waals surface area contributed by atoms with Gasteiger partial charge in [-0.05, 0) is 72.1 Å². The first kappa shape index (κ1) is 24.7. The van der Waals surface area contributed by atoms with Crippen LogP contribution in [0.3, 0.4) is 0 Å². The smallest absolute Gasteiger partial charge is 0.408 e. The fourth-order valence-electron chi connectivity index (χ4n) is 4.11. The molecule has 1 aliphatic rings. The number of hydrogen-bond donors (Lipinski definition) is 2. The number of carboxylic acid groups (broad SMARTS) is 1. The van der Waals surface area contributed by atoms with Crippen LogP contribution in [0.25, 0.3) is 17.0 Å². The predicted molar refractivity (Wildman–Crippen MR) is 128 cm³/mol. The van der Waals surface area contributed by atoms with Crippen molar-refractivity contribution in [2.75, 3.05) is 6.61 Å².